The summed E-state index contributed by atoms with van der Waals surface area (Å²) in [5.41, 5.74) is 0. The van der Waals surface area contributed by atoms with Crippen molar-refractivity contribution in [3.63, 3.8) is 0 Å². The molecule has 1 atom stereocenters. The van der Waals surface area contributed by atoms with Gasteiger partial charge in [-0.05, 0) is 51.4 Å². The topological polar surface area (TPSA) is 78.9 Å². The van der Waals surface area contributed by atoms with Crippen LogP contribution in [0.3, 0.4) is 0 Å². The zero-order valence-corrected chi connectivity index (χ0v) is 55.1. The fraction of sp³-hybridized carbons (Fsp3) is 0.907. The van der Waals surface area contributed by atoms with Crippen LogP contribution in [-0.2, 0) is 28.6 Å². The van der Waals surface area contributed by atoms with Gasteiger partial charge in [-0.25, -0.2) is 0 Å². The SMILES string of the molecule is CCCCCC/C=C\C/C=C\CCCCCCCC(=O)OCC(COC(=O)CCCCCCCCCCCCCCCCCCCCCCCCCCCC)OC(=O)CCCCCCCCCCCCCCCCCCCCCCC. The van der Waals surface area contributed by atoms with Crippen LogP contribution in [0.15, 0.2) is 24.3 Å². The van der Waals surface area contributed by atoms with E-state index < -0.39 is 6.10 Å². The van der Waals surface area contributed by atoms with E-state index in [2.05, 4.69) is 45.1 Å². The van der Waals surface area contributed by atoms with Crippen molar-refractivity contribution < 1.29 is 28.6 Å². The Labute approximate surface area is 506 Å². The van der Waals surface area contributed by atoms with E-state index in [0.29, 0.717) is 19.3 Å². The first kappa shape index (κ1) is 78.9. The Morgan fingerprint density at radius 2 is 0.444 bits per heavy atom. The van der Waals surface area contributed by atoms with Crippen LogP contribution in [0.4, 0.5) is 0 Å². The number of esters is 3. The molecule has 6 nitrogen and oxygen atoms in total. The Balaban J connectivity index is 4.25. The van der Waals surface area contributed by atoms with Crippen LogP contribution in [0.1, 0.15) is 419 Å². The van der Waals surface area contributed by atoms with Crippen molar-refractivity contribution in [1.29, 1.82) is 0 Å². The molecule has 0 amide bonds. The minimum Gasteiger partial charge on any atom is -0.462 e. The minimum absolute atomic E-state index is 0.0690. The lowest BCUT2D eigenvalue weighted by molar-refractivity contribution is -0.167. The molecule has 0 aliphatic carbocycles. The lowest BCUT2D eigenvalue weighted by atomic mass is 10.0. The van der Waals surface area contributed by atoms with E-state index in [1.165, 1.54) is 302 Å². The molecule has 6 heteroatoms. The van der Waals surface area contributed by atoms with Crippen LogP contribution >= 0.6 is 0 Å². The van der Waals surface area contributed by atoms with Gasteiger partial charge >= 0.3 is 17.9 Å². The smallest absolute Gasteiger partial charge is 0.306 e. The molecule has 0 aliphatic heterocycles. The third-order valence-electron chi connectivity index (χ3n) is 17.0. The third kappa shape index (κ3) is 68.6. The summed E-state index contributed by atoms with van der Waals surface area (Å²) in [5, 5.41) is 0. The average molecular weight is 1140 g/mol. The van der Waals surface area contributed by atoms with Gasteiger partial charge in [0.2, 0.25) is 0 Å². The molecule has 0 aromatic carbocycles. The second-order valence-electron chi connectivity index (χ2n) is 25.2. The first-order valence-electron chi connectivity index (χ1n) is 36.8. The summed E-state index contributed by atoms with van der Waals surface area (Å²) in [7, 11) is 0. The van der Waals surface area contributed by atoms with Gasteiger partial charge in [0, 0.05) is 19.3 Å². The van der Waals surface area contributed by atoms with Crippen LogP contribution < -0.4 is 0 Å². The predicted molar refractivity (Wildman–Crippen MR) is 353 cm³/mol. The number of allylic oxidation sites excluding steroid dienone is 4. The maximum absolute atomic E-state index is 13.0. The van der Waals surface area contributed by atoms with Crippen molar-refractivity contribution in [2.24, 2.45) is 0 Å². The van der Waals surface area contributed by atoms with Crippen LogP contribution in [-0.4, -0.2) is 37.2 Å². The van der Waals surface area contributed by atoms with Crippen LogP contribution in [0.2, 0.25) is 0 Å². The highest BCUT2D eigenvalue weighted by Crippen LogP contribution is 2.19. The number of unbranched alkanes of at least 4 members (excludes halogenated alkanes) is 54. The Bertz CT molecular complexity index is 1310. The van der Waals surface area contributed by atoms with Gasteiger partial charge in [0.05, 0.1) is 0 Å². The van der Waals surface area contributed by atoms with Gasteiger partial charge in [0.1, 0.15) is 13.2 Å². The zero-order chi connectivity index (χ0) is 58.5. The molecule has 0 bridgehead atoms. The fourth-order valence-corrected chi connectivity index (χ4v) is 11.4. The van der Waals surface area contributed by atoms with Crippen LogP contribution in [0.5, 0.6) is 0 Å². The lowest BCUT2D eigenvalue weighted by Gasteiger charge is -2.18. The molecule has 0 fully saturated rings. The Hall–Kier alpha value is -2.11. The first-order valence-corrected chi connectivity index (χ1v) is 36.8. The van der Waals surface area contributed by atoms with E-state index in [9.17, 15) is 14.4 Å². The second kappa shape index (κ2) is 70.4. The molecule has 0 saturated heterocycles. The minimum atomic E-state index is -0.774. The predicted octanol–water partition coefficient (Wildman–Crippen LogP) is 25.3. The molecule has 0 aromatic heterocycles. The standard InChI is InChI=1S/C75H142O6/c1-4-7-10-13-16-19-22-25-28-31-33-35-36-37-38-39-41-42-44-47-50-53-56-59-62-65-68-74(77)80-71-72(70-79-73(76)67-64-61-58-55-52-49-46-30-27-24-21-18-15-12-9-6-3)81-75(78)69-66-63-60-57-54-51-48-45-43-40-34-32-29-26-23-20-17-14-11-8-5-2/h21,24,30,46,72H,4-20,22-23,25-29,31-45,47-71H2,1-3H3/b24-21-,46-30-. The molecule has 0 heterocycles. The highest BCUT2D eigenvalue weighted by Gasteiger charge is 2.20. The summed E-state index contributed by atoms with van der Waals surface area (Å²) >= 11 is 0. The third-order valence-corrected chi connectivity index (χ3v) is 17.0. The van der Waals surface area contributed by atoms with E-state index in [0.717, 1.165) is 77.0 Å². The summed E-state index contributed by atoms with van der Waals surface area (Å²) < 4.78 is 17.0. The van der Waals surface area contributed by atoms with Gasteiger partial charge in [-0.3, -0.25) is 14.4 Å². The molecular weight excluding hydrogens is 997 g/mol. The van der Waals surface area contributed by atoms with E-state index in [1.807, 2.05) is 0 Å². The molecule has 0 saturated carbocycles. The molecule has 0 N–H and O–H groups in total. The fourth-order valence-electron chi connectivity index (χ4n) is 11.4. The Kier molecular flexibility index (Phi) is 68.5. The number of carbonyl (C=O) groups is 3. The van der Waals surface area contributed by atoms with Crippen molar-refractivity contribution in [2.75, 3.05) is 13.2 Å². The van der Waals surface area contributed by atoms with Gasteiger partial charge < -0.3 is 14.2 Å². The van der Waals surface area contributed by atoms with E-state index in [1.54, 1.807) is 0 Å². The van der Waals surface area contributed by atoms with Crippen molar-refractivity contribution in [1.82, 2.24) is 0 Å². The molecule has 81 heavy (non-hydrogen) atoms. The zero-order valence-electron chi connectivity index (χ0n) is 55.1. The molecule has 1 unspecified atom stereocenters. The molecule has 0 radical (unpaired) electrons. The first-order chi connectivity index (χ1) is 40.0. The normalized spacial score (nSPS) is 12.1. The van der Waals surface area contributed by atoms with E-state index in [-0.39, 0.29) is 31.1 Å². The Morgan fingerprint density at radius 3 is 0.691 bits per heavy atom. The largest absolute Gasteiger partial charge is 0.462 e. The molecular formula is C75H142O6. The van der Waals surface area contributed by atoms with Crippen molar-refractivity contribution in [3.8, 4) is 0 Å². The number of carbonyl (C=O) groups excluding carboxylic acids is 3. The van der Waals surface area contributed by atoms with Crippen molar-refractivity contribution >= 4 is 17.9 Å². The maximum Gasteiger partial charge on any atom is 0.306 e. The maximum atomic E-state index is 13.0. The second-order valence-corrected chi connectivity index (χ2v) is 25.2. The summed E-state index contributed by atoms with van der Waals surface area (Å²) in [6.45, 7) is 6.71. The van der Waals surface area contributed by atoms with Crippen molar-refractivity contribution in [3.05, 3.63) is 24.3 Å². The van der Waals surface area contributed by atoms with Crippen molar-refractivity contribution in [2.45, 2.75) is 425 Å². The number of rotatable bonds is 69. The number of hydrogen-bond donors (Lipinski definition) is 0. The monoisotopic (exact) mass is 1140 g/mol. The van der Waals surface area contributed by atoms with Crippen LogP contribution in [0.25, 0.3) is 0 Å². The van der Waals surface area contributed by atoms with Gasteiger partial charge in [0.25, 0.3) is 0 Å². The lowest BCUT2D eigenvalue weighted by Crippen LogP contribution is -2.30. The van der Waals surface area contributed by atoms with Gasteiger partial charge in [0.15, 0.2) is 6.10 Å². The summed E-state index contributed by atoms with van der Waals surface area (Å²) in [6, 6.07) is 0. The molecule has 0 spiro atoms. The summed E-state index contributed by atoms with van der Waals surface area (Å²) in [5.74, 6) is -0.848. The van der Waals surface area contributed by atoms with Gasteiger partial charge in [-0.1, -0.05) is 373 Å². The highest BCUT2D eigenvalue weighted by molar-refractivity contribution is 5.71. The quantitative estimate of drug-likeness (QED) is 0.0261. The molecule has 0 aromatic rings. The highest BCUT2D eigenvalue weighted by atomic mass is 16.6. The van der Waals surface area contributed by atoms with E-state index in [4.69, 9.17) is 14.2 Å². The Morgan fingerprint density at radius 1 is 0.247 bits per heavy atom. The number of ether oxygens (including phenoxy) is 3. The molecule has 478 valence electrons. The van der Waals surface area contributed by atoms with Gasteiger partial charge in [-0.2, -0.15) is 0 Å². The average Bonchev–Trinajstić information content (AvgIpc) is 3.47. The molecule has 0 rings (SSSR count). The summed E-state index contributed by atoms with van der Waals surface area (Å²) in [4.78, 5) is 38.5. The van der Waals surface area contributed by atoms with Crippen LogP contribution in [0, 0.1) is 0 Å². The number of hydrogen-bond acceptors (Lipinski definition) is 6. The van der Waals surface area contributed by atoms with E-state index >= 15 is 0 Å². The van der Waals surface area contributed by atoms with Gasteiger partial charge in [-0.15, -0.1) is 0 Å². The summed E-state index contributed by atoms with van der Waals surface area (Å²) in [6.07, 6.45) is 86.5. The molecule has 0 aliphatic rings.